The summed E-state index contributed by atoms with van der Waals surface area (Å²) in [6.45, 7) is 2.98. The Kier molecular flexibility index (Phi) is 3.97. The summed E-state index contributed by atoms with van der Waals surface area (Å²) in [4.78, 5) is 2.29. The Hall–Kier alpha value is -1.13. The fraction of sp³-hybridized carbons (Fsp3) is 0.538. The van der Waals surface area contributed by atoms with Crippen LogP contribution in [0.25, 0.3) is 0 Å². The van der Waals surface area contributed by atoms with E-state index in [0.717, 1.165) is 38.0 Å². The van der Waals surface area contributed by atoms with Gasteiger partial charge in [-0.15, -0.1) is 0 Å². The molecule has 0 spiro atoms. The summed E-state index contributed by atoms with van der Waals surface area (Å²) in [6, 6.07) is 5.00. The number of nitrogen functional groups attached to an aromatic ring is 1. The van der Waals surface area contributed by atoms with E-state index in [1.54, 1.807) is 6.07 Å². The average Bonchev–Trinajstić information content (AvgIpc) is 2.35. The van der Waals surface area contributed by atoms with Gasteiger partial charge in [0.25, 0.3) is 0 Å². The van der Waals surface area contributed by atoms with Crippen molar-refractivity contribution in [2.75, 3.05) is 25.4 Å². The molecular weight excluding hydrogens is 219 g/mol. The van der Waals surface area contributed by atoms with Gasteiger partial charge in [0.15, 0.2) is 0 Å². The van der Waals surface area contributed by atoms with Crippen LogP contribution in [-0.4, -0.2) is 29.7 Å². The number of rotatable bonds is 3. The first-order valence-electron chi connectivity index (χ1n) is 6.06. The fourth-order valence-electron chi connectivity index (χ4n) is 2.25. The normalized spacial score (nSPS) is 18.5. The zero-order chi connectivity index (χ0) is 12.3. The van der Waals surface area contributed by atoms with E-state index < -0.39 is 0 Å². The lowest BCUT2D eigenvalue weighted by Crippen LogP contribution is -2.34. The van der Waals surface area contributed by atoms with Crippen molar-refractivity contribution in [3.63, 3.8) is 0 Å². The Morgan fingerprint density at radius 1 is 1.35 bits per heavy atom. The second kappa shape index (κ2) is 5.47. The van der Waals surface area contributed by atoms with Crippen molar-refractivity contribution in [1.29, 1.82) is 0 Å². The maximum absolute atomic E-state index is 13.3. The van der Waals surface area contributed by atoms with Gasteiger partial charge < -0.3 is 10.8 Å². The number of aliphatic hydroxyl groups is 1. The topological polar surface area (TPSA) is 49.5 Å². The summed E-state index contributed by atoms with van der Waals surface area (Å²) < 4.78 is 13.3. The summed E-state index contributed by atoms with van der Waals surface area (Å²) in [6.07, 6.45) is 2.04. The minimum atomic E-state index is -0.340. The third-order valence-corrected chi connectivity index (χ3v) is 3.44. The number of aliphatic hydroxyl groups excluding tert-OH is 1. The average molecular weight is 238 g/mol. The smallest absolute Gasteiger partial charge is 0.146 e. The van der Waals surface area contributed by atoms with Crippen molar-refractivity contribution < 1.29 is 9.50 Å². The largest absolute Gasteiger partial charge is 0.396 e. The van der Waals surface area contributed by atoms with Crippen molar-refractivity contribution in [2.24, 2.45) is 5.92 Å². The molecule has 1 fully saturated rings. The standard InChI is InChI=1S/C13H19FN2O/c14-12-7-11(1-2-13(12)15)8-16-5-3-10(9-17)4-6-16/h1-2,7,10,17H,3-6,8-9,15H2. The number of nitrogens with zero attached hydrogens (tertiary/aromatic N) is 1. The van der Waals surface area contributed by atoms with E-state index in [1.165, 1.54) is 6.07 Å². The number of halogens is 1. The Labute approximate surface area is 101 Å². The van der Waals surface area contributed by atoms with Crippen LogP contribution < -0.4 is 5.73 Å². The number of likely N-dealkylation sites (tertiary alicyclic amines) is 1. The zero-order valence-electron chi connectivity index (χ0n) is 9.90. The lowest BCUT2D eigenvalue weighted by atomic mass is 9.97. The Bertz CT molecular complexity index is 376. The van der Waals surface area contributed by atoms with E-state index in [2.05, 4.69) is 4.90 Å². The highest BCUT2D eigenvalue weighted by molar-refractivity contribution is 5.41. The third-order valence-electron chi connectivity index (χ3n) is 3.44. The van der Waals surface area contributed by atoms with Gasteiger partial charge in [-0.25, -0.2) is 4.39 Å². The van der Waals surface area contributed by atoms with Crippen LogP contribution in [0.15, 0.2) is 18.2 Å². The van der Waals surface area contributed by atoms with Gasteiger partial charge in [-0.3, -0.25) is 4.90 Å². The van der Waals surface area contributed by atoms with Crippen LogP contribution in [0, 0.1) is 11.7 Å². The lowest BCUT2D eigenvalue weighted by molar-refractivity contribution is 0.127. The van der Waals surface area contributed by atoms with Gasteiger partial charge in [0, 0.05) is 13.2 Å². The van der Waals surface area contributed by atoms with Crippen LogP contribution in [0.4, 0.5) is 10.1 Å². The maximum atomic E-state index is 13.3. The highest BCUT2D eigenvalue weighted by atomic mass is 19.1. The van der Waals surface area contributed by atoms with E-state index in [0.29, 0.717) is 5.92 Å². The lowest BCUT2D eigenvalue weighted by Gasteiger charge is -2.31. The molecule has 0 bridgehead atoms. The molecule has 0 atom stereocenters. The van der Waals surface area contributed by atoms with Crippen LogP contribution in [0.1, 0.15) is 18.4 Å². The molecule has 0 amide bonds. The molecule has 4 heteroatoms. The van der Waals surface area contributed by atoms with Gasteiger partial charge in [-0.2, -0.15) is 0 Å². The quantitative estimate of drug-likeness (QED) is 0.787. The van der Waals surface area contributed by atoms with Crippen molar-refractivity contribution >= 4 is 5.69 Å². The van der Waals surface area contributed by atoms with Crippen molar-refractivity contribution in [3.8, 4) is 0 Å². The molecule has 0 unspecified atom stereocenters. The molecule has 0 radical (unpaired) electrons. The predicted molar refractivity (Wildman–Crippen MR) is 65.9 cm³/mol. The molecule has 3 N–H and O–H groups in total. The number of piperidine rings is 1. The summed E-state index contributed by atoms with van der Waals surface area (Å²) in [5.41, 5.74) is 6.60. The molecule has 1 aromatic rings. The van der Waals surface area contributed by atoms with E-state index in [-0.39, 0.29) is 18.1 Å². The highest BCUT2D eigenvalue weighted by Gasteiger charge is 2.18. The van der Waals surface area contributed by atoms with E-state index in [1.807, 2.05) is 6.07 Å². The molecule has 0 saturated carbocycles. The summed E-state index contributed by atoms with van der Waals surface area (Å²) in [5, 5.41) is 9.05. The summed E-state index contributed by atoms with van der Waals surface area (Å²) in [7, 11) is 0. The van der Waals surface area contributed by atoms with Gasteiger partial charge in [-0.05, 0) is 49.5 Å². The van der Waals surface area contributed by atoms with Crippen LogP contribution in [0.5, 0.6) is 0 Å². The van der Waals surface area contributed by atoms with Crippen LogP contribution in [0.2, 0.25) is 0 Å². The monoisotopic (exact) mass is 238 g/mol. The molecule has 17 heavy (non-hydrogen) atoms. The van der Waals surface area contributed by atoms with Gasteiger partial charge in [0.1, 0.15) is 5.82 Å². The fourth-order valence-corrected chi connectivity index (χ4v) is 2.25. The number of hydrogen-bond donors (Lipinski definition) is 2. The van der Waals surface area contributed by atoms with Crippen molar-refractivity contribution in [1.82, 2.24) is 4.90 Å². The van der Waals surface area contributed by atoms with Gasteiger partial charge in [0.2, 0.25) is 0 Å². The van der Waals surface area contributed by atoms with Gasteiger partial charge in [-0.1, -0.05) is 6.07 Å². The first kappa shape index (κ1) is 12.3. The molecule has 1 aliphatic rings. The minimum absolute atomic E-state index is 0.202. The van der Waals surface area contributed by atoms with Gasteiger partial charge >= 0.3 is 0 Å². The number of hydrogen-bond acceptors (Lipinski definition) is 3. The third kappa shape index (κ3) is 3.17. The Morgan fingerprint density at radius 2 is 2.06 bits per heavy atom. The van der Waals surface area contributed by atoms with Crippen LogP contribution >= 0.6 is 0 Å². The molecule has 0 aromatic heterocycles. The predicted octanol–water partition coefficient (Wildman–Crippen LogP) is 1.61. The Morgan fingerprint density at radius 3 is 2.65 bits per heavy atom. The maximum Gasteiger partial charge on any atom is 0.146 e. The number of benzene rings is 1. The van der Waals surface area contributed by atoms with Gasteiger partial charge in [0.05, 0.1) is 5.69 Å². The molecule has 1 saturated heterocycles. The summed E-state index contributed by atoms with van der Waals surface area (Å²) in [5.74, 6) is 0.0992. The molecular formula is C13H19FN2O. The van der Waals surface area contributed by atoms with E-state index >= 15 is 0 Å². The second-order valence-corrected chi connectivity index (χ2v) is 4.76. The second-order valence-electron chi connectivity index (χ2n) is 4.76. The SMILES string of the molecule is Nc1ccc(CN2CCC(CO)CC2)cc1F. The molecule has 0 aliphatic carbocycles. The molecule has 1 aliphatic heterocycles. The first-order valence-corrected chi connectivity index (χ1v) is 6.06. The Balaban J connectivity index is 1.91. The summed E-state index contributed by atoms with van der Waals surface area (Å²) >= 11 is 0. The minimum Gasteiger partial charge on any atom is -0.396 e. The number of nitrogens with two attached hydrogens (primary N) is 1. The molecule has 2 rings (SSSR count). The van der Waals surface area contributed by atoms with Crippen LogP contribution in [-0.2, 0) is 6.54 Å². The zero-order valence-corrected chi connectivity index (χ0v) is 9.90. The molecule has 1 heterocycles. The van der Waals surface area contributed by atoms with Crippen molar-refractivity contribution in [3.05, 3.63) is 29.6 Å². The van der Waals surface area contributed by atoms with Crippen LogP contribution in [0.3, 0.4) is 0 Å². The molecule has 3 nitrogen and oxygen atoms in total. The number of anilines is 1. The van der Waals surface area contributed by atoms with Crippen molar-refractivity contribution in [2.45, 2.75) is 19.4 Å². The first-order chi connectivity index (χ1) is 8.19. The van der Waals surface area contributed by atoms with E-state index in [4.69, 9.17) is 10.8 Å². The molecule has 94 valence electrons. The molecule has 1 aromatic carbocycles. The highest BCUT2D eigenvalue weighted by Crippen LogP contribution is 2.19. The van der Waals surface area contributed by atoms with E-state index in [9.17, 15) is 4.39 Å².